The van der Waals surface area contributed by atoms with Crippen molar-refractivity contribution in [1.29, 1.82) is 0 Å². The number of carbonyl (C=O) groups excluding carboxylic acids is 1. The van der Waals surface area contributed by atoms with Crippen molar-refractivity contribution < 1.29 is 22.5 Å². The fourth-order valence-electron chi connectivity index (χ4n) is 5.64. The lowest BCUT2D eigenvalue weighted by Crippen LogP contribution is -2.40. The predicted octanol–water partition coefficient (Wildman–Crippen LogP) is 8.43. The first-order valence-electron chi connectivity index (χ1n) is 14.1. The monoisotopic (exact) mass is 584 g/mol. The van der Waals surface area contributed by atoms with E-state index in [4.69, 9.17) is 9.52 Å². The molecule has 0 saturated heterocycles. The minimum Gasteiger partial charge on any atom is -0.337 e. The second kappa shape index (κ2) is 11.9. The number of carbonyl (C=O) groups is 1. The third-order valence-electron chi connectivity index (χ3n) is 7.97. The molecule has 218 valence electrons. The summed E-state index contributed by atoms with van der Waals surface area (Å²) in [6.45, 7) is 6.04. The number of amidine groups is 1. The molecule has 1 saturated carbocycles. The van der Waals surface area contributed by atoms with Crippen molar-refractivity contribution in [3.05, 3.63) is 64.8 Å². The third kappa shape index (κ3) is 6.32. The molecule has 2 aliphatic rings. The van der Waals surface area contributed by atoms with E-state index in [0.717, 1.165) is 60.5 Å². The molecule has 6 nitrogen and oxygen atoms in total. The normalized spacial score (nSPS) is 16.6. The number of unbranched alkanes of at least 4 members (excludes halogenated alkanes) is 1. The Hall–Kier alpha value is -3.27. The van der Waals surface area contributed by atoms with Gasteiger partial charge in [-0.05, 0) is 73.4 Å². The van der Waals surface area contributed by atoms with Crippen LogP contribution in [0.1, 0.15) is 74.3 Å². The lowest BCUT2D eigenvalue weighted by molar-refractivity contribution is -0.131. The van der Waals surface area contributed by atoms with Gasteiger partial charge in [0.05, 0.1) is 18.7 Å². The lowest BCUT2D eigenvalue weighted by atomic mass is 9.94. The zero-order valence-corrected chi connectivity index (χ0v) is 24.4. The number of alkyl halides is 3. The number of aryl methyl sites for hydroxylation is 1. The molecule has 1 amide bonds. The van der Waals surface area contributed by atoms with Crippen LogP contribution in [-0.4, -0.2) is 33.5 Å². The van der Waals surface area contributed by atoms with E-state index in [-0.39, 0.29) is 18.0 Å². The number of hydrogen-bond donors (Lipinski definition) is 1. The van der Waals surface area contributed by atoms with Gasteiger partial charge in [0, 0.05) is 16.9 Å². The molecular formula is C31H35F3N4O2S. The van der Waals surface area contributed by atoms with Crippen molar-refractivity contribution in [1.82, 2.24) is 10.1 Å². The molecule has 0 atom stereocenters. The molecule has 5 rings (SSSR count). The van der Waals surface area contributed by atoms with Crippen molar-refractivity contribution >= 4 is 29.6 Å². The van der Waals surface area contributed by atoms with Crippen LogP contribution in [0.25, 0.3) is 11.1 Å². The average molecular weight is 585 g/mol. The van der Waals surface area contributed by atoms with Crippen molar-refractivity contribution in [2.75, 3.05) is 4.72 Å². The van der Waals surface area contributed by atoms with E-state index in [2.05, 4.69) is 16.8 Å². The first kappa shape index (κ1) is 29.2. The van der Waals surface area contributed by atoms with E-state index in [1.54, 1.807) is 17.0 Å². The van der Waals surface area contributed by atoms with Crippen molar-refractivity contribution in [3.8, 4) is 11.1 Å². The Bertz CT molecular complexity index is 1440. The second-order valence-corrected chi connectivity index (χ2v) is 11.8. The number of halogens is 3. The molecule has 1 N–H and O–H groups in total. The van der Waals surface area contributed by atoms with Crippen LogP contribution >= 0.6 is 11.9 Å². The van der Waals surface area contributed by atoms with Gasteiger partial charge in [0.2, 0.25) is 5.88 Å². The van der Waals surface area contributed by atoms with E-state index in [1.807, 2.05) is 44.2 Å². The quantitative estimate of drug-likeness (QED) is 0.242. The molecule has 0 radical (unpaired) electrons. The van der Waals surface area contributed by atoms with Gasteiger partial charge in [-0.15, -0.1) is 0 Å². The fourth-order valence-corrected chi connectivity index (χ4v) is 6.47. The van der Waals surface area contributed by atoms with E-state index < -0.39 is 18.1 Å². The van der Waals surface area contributed by atoms with Crippen LogP contribution in [0.3, 0.4) is 0 Å². The summed E-state index contributed by atoms with van der Waals surface area (Å²) in [6.07, 6.45) is 0.530. The molecule has 0 unspecified atom stereocenters. The molecule has 1 fully saturated rings. The van der Waals surface area contributed by atoms with Crippen molar-refractivity contribution in [2.24, 2.45) is 4.99 Å². The molecular weight excluding hydrogens is 549 g/mol. The van der Waals surface area contributed by atoms with Crippen LogP contribution in [0.4, 0.5) is 19.1 Å². The summed E-state index contributed by atoms with van der Waals surface area (Å²) in [5, 5.41) is 3.95. The van der Waals surface area contributed by atoms with Gasteiger partial charge in [0.25, 0.3) is 5.91 Å². The number of hydrogen-bond acceptors (Lipinski definition) is 6. The van der Waals surface area contributed by atoms with E-state index in [1.165, 1.54) is 11.9 Å². The van der Waals surface area contributed by atoms with Gasteiger partial charge in [-0.1, -0.05) is 67.7 Å². The van der Waals surface area contributed by atoms with Gasteiger partial charge >= 0.3 is 6.18 Å². The number of amides is 1. The van der Waals surface area contributed by atoms with Crippen molar-refractivity contribution in [2.45, 2.75) is 95.3 Å². The number of rotatable bonds is 10. The first-order chi connectivity index (χ1) is 19.6. The number of aromatic nitrogens is 1. The first-order valence-corrected chi connectivity index (χ1v) is 15.0. The Morgan fingerprint density at radius 3 is 2.54 bits per heavy atom. The van der Waals surface area contributed by atoms with Crippen LogP contribution < -0.4 is 4.72 Å². The van der Waals surface area contributed by atoms with Crippen LogP contribution in [0.5, 0.6) is 0 Å². The lowest BCUT2D eigenvalue weighted by Gasteiger charge is -2.23. The largest absolute Gasteiger partial charge is 0.393 e. The van der Waals surface area contributed by atoms with Crippen LogP contribution in [0.2, 0.25) is 0 Å². The maximum Gasteiger partial charge on any atom is 0.393 e. The van der Waals surface area contributed by atoms with Crippen LogP contribution in [0, 0.1) is 13.8 Å². The maximum absolute atomic E-state index is 13.8. The summed E-state index contributed by atoms with van der Waals surface area (Å²) in [5.74, 6) is 1.27. The van der Waals surface area contributed by atoms with E-state index >= 15 is 0 Å². The summed E-state index contributed by atoms with van der Waals surface area (Å²) >= 11 is 1.26. The SMILES string of the molecule is CCCCC1=NC2(CCCC2)C(=O)N1Cc1ccc(-c2ccccc2SNc2onc(C)c2C)c(CC(F)(F)F)c1. The number of benzene rings is 2. The molecule has 1 spiro atoms. The van der Waals surface area contributed by atoms with Crippen LogP contribution in [0.15, 0.2) is 56.9 Å². The predicted molar refractivity (Wildman–Crippen MR) is 156 cm³/mol. The number of nitrogens with one attached hydrogen (secondary N) is 1. The summed E-state index contributed by atoms with van der Waals surface area (Å²) in [7, 11) is 0. The highest BCUT2D eigenvalue weighted by Crippen LogP contribution is 2.41. The van der Waals surface area contributed by atoms with Gasteiger partial charge in [-0.25, -0.2) is 0 Å². The molecule has 1 aliphatic heterocycles. The van der Waals surface area contributed by atoms with Gasteiger partial charge in [-0.3, -0.25) is 19.4 Å². The van der Waals surface area contributed by atoms with Gasteiger partial charge in [-0.2, -0.15) is 13.2 Å². The highest BCUT2D eigenvalue weighted by atomic mass is 32.2. The Balaban J connectivity index is 1.45. The molecule has 41 heavy (non-hydrogen) atoms. The topological polar surface area (TPSA) is 70.7 Å². The molecule has 3 aromatic rings. The fraction of sp³-hybridized carbons (Fsp3) is 0.452. The Kier molecular flexibility index (Phi) is 8.50. The molecule has 0 bridgehead atoms. The maximum atomic E-state index is 13.8. The molecule has 2 aromatic carbocycles. The molecule has 2 heterocycles. The second-order valence-electron chi connectivity index (χ2n) is 11.0. The average Bonchev–Trinajstić information content (AvgIpc) is 3.61. The van der Waals surface area contributed by atoms with Crippen LogP contribution in [-0.2, 0) is 17.8 Å². The van der Waals surface area contributed by atoms with Gasteiger partial charge < -0.3 is 4.52 Å². The minimum atomic E-state index is -4.40. The number of anilines is 1. The minimum absolute atomic E-state index is 0.00619. The highest BCUT2D eigenvalue weighted by molar-refractivity contribution is 8.00. The molecule has 1 aliphatic carbocycles. The van der Waals surface area contributed by atoms with E-state index in [0.29, 0.717) is 29.0 Å². The zero-order chi connectivity index (χ0) is 29.2. The molecule has 1 aromatic heterocycles. The molecule has 10 heteroatoms. The van der Waals surface area contributed by atoms with E-state index in [9.17, 15) is 18.0 Å². The van der Waals surface area contributed by atoms with Gasteiger partial charge in [0.15, 0.2) is 0 Å². The summed E-state index contributed by atoms with van der Waals surface area (Å²) in [6, 6.07) is 12.5. The Labute approximate surface area is 242 Å². The Morgan fingerprint density at radius 2 is 1.85 bits per heavy atom. The van der Waals surface area contributed by atoms with Crippen molar-refractivity contribution in [3.63, 3.8) is 0 Å². The summed E-state index contributed by atoms with van der Waals surface area (Å²) in [5.41, 5.74) is 2.97. The highest BCUT2D eigenvalue weighted by Gasteiger charge is 2.49. The summed E-state index contributed by atoms with van der Waals surface area (Å²) in [4.78, 5) is 21.0. The standard InChI is InChI=1S/C31H35F3N4O2S/c1-4-5-12-27-35-30(15-8-9-16-30)29(39)38(27)19-22-13-14-24(23(17-22)18-31(32,33)34)25-10-6-7-11-26(25)41-37-28-20(2)21(3)36-40-28/h6-7,10-11,13-14,17,37H,4-5,8-9,12,15-16,18-19H2,1-3H3. The smallest absolute Gasteiger partial charge is 0.337 e. The van der Waals surface area contributed by atoms with Gasteiger partial charge in [0.1, 0.15) is 11.4 Å². The third-order valence-corrected chi connectivity index (χ3v) is 8.84. The number of nitrogens with zero attached hydrogens (tertiary/aromatic N) is 3. The zero-order valence-electron chi connectivity index (χ0n) is 23.6. The number of aliphatic imine (C=N–C) groups is 1. The summed E-state index contributed by atoms with van der Waals surface area (Å²) < 4.78 is 50.0. The Morgan fingerprint density at radius 1 is 1.10 bits per heavy atom.